The van der Waals surface area contributed by atoms with Gasteiger partial charge in [0.25, 0.3) is 0 Å². The Bertz CT molecular complexity index is 3070. The summed E-state index contributed by atoms with van der Waals surface area (Å²) in [5, 5.41) is 11.7. The number of fused-ring (bicyclic) bond motifs is 4. The first-order valence-corrected chi connectivity index (χ1v) is 25.1. The molecule has 8 rings (SSSR count). The molecule has 0 saturated carbocycles. The van der Waals surface area contributed by atoms with Crippen LogP contribution < -0.4 is 10.6 Å². The maximum absolute atomic E-state index is 14.2. The van der Waals surface area contributed by atoms with Gasteiger partial charge < -0.3 is 29.5 Å². The van der Waals surface area contributed by atoms with Crippen molar-refractivity contribution in [1.82, 2.24) is 0 Å². The van der Waals surface area contributed by atoms with Crippen molar-refractivity contribution in [3.63, 3.8) is 0 Å². The van der Waals surface area contributed by atoms with Crippen molar-refractivity contribution in [3.05, 3.63) is 153 Å². The van der Waals surface area contributed by atoms with Gasteiger partial charge in [0, 0.05) is 30.8 Å². The third-order valence-corrected chi connectivity index (χ3v) is 17.5. The second-order valence-electron chi connectivity index (χ2n) is 14.6. The molecule has 328 valence electrons. The maximum Gasteiger partial charge on any atom is 0.350 e. The first-order chi connectivity index (χ1) is 29.5. The number of rotatable bonds is 12. The molecule has 6 aromatic carbocycles. The predicted octanol–water partition coefficient (Wildman–Crippen LogP) is 14.2. The SMILES string of the molecule is C.CC(C(=O)Nc1ccc2ccccc2c1)(c1csc2ccc(Cl)cc12)P(=O)(O)O.CCOP(=O)(OCC)C(C)(C(=O)Nc1ccc2ccccc2c1)c1csc2ccc(Cl)cc12. The van der Waals surface area contributed by atoms with E-state index >= 15 is 0 Å². The van der Waals surface area contributed by atoms with Crippen LogP contribution in [0.25, 0.3) is 41.7 Å². The Kier molecular flexibility index (Phi) is 14.8. The molecule has 4 N–H and O–H groups in total. The number of hydrogen-bond donors (Lipinski definition) is 4. The van der Waals surface area contributed by atoms with Crippen LogP contribution in [0.5, 0.6) is 0 Å². The van der Waals surface area contributed by atoms with Crippen LogP contribution in [0.1, 0.15) is 46.2 Å². The lowest BCUT2D eigenvalue weighted by atomic mass is 9.98. The molecule has 63 heavy (non-hydrogen) atoms. The van der Waals surface area contributed by atoms with Crippen molar-refractivity contribution in [3.8, 4) is 0 Å². The van der Waals surface area contributed by atoms with Crippen LogP contribution in [0.4, 0.5) is 11.4 Å². The Balaban J connectivity index is 0.000000208. The highest BCUT2D eigenvalue weighted by Gasteiger charge is 2.56. The van der Waals surface area contributed by atoms with Crippen molar-refractivity contribution in [2.75, 3.05) is 23.8 Å². The minimum absolute atomic E-state index is 0. The zero-order valence-corrected chi connectivity index (χ0v) is 38.9. The fourth-order valence-electron chi connectivity index (χ4n) is 7.24. The van der Waals surface area contributed by atoms with E-state index in [0.717, 1.165) is 36.3 Å². The van der Waals surface area contributed by atoms with Gasteiger partial charge in [-0.25, -0.2) is 0 Å². The summed E-state index contributed by atoms with van der Waals surface area (Å²) in [6.07, 6.45) is 0. The molecule has 2 atom stereocenters. The number of amides is 2. The second-order valence-corrected chi connectivity index (χ2v) is 21.7. The number of carbonyl (C=O) groups excluding carboxylic acids is 2. The Morgan fingerprint density at radius 1 is 0.603 bits per heavy atom. The minimum atomic E-state index is -4.89. The van der Waals surface area contributed by atoms with Gasteiger partial charge in [0.05, 0.1) is 13.2 Å². The highest BCUT2D eigenvalue weighted by molar-refractivity contribution is 7.56. The van der Waals surface area contributed by atoms with E-state index < -0.39 is 37.3 Å². The van der Waals surface area contributed by atoms with Gasteiger partial charge in [-0.05, 0) is 143 Å². The summed E-state index contributed by atoms with van der Waals surface area (Å²) in [6, 6.07) is 37.1. The summed E-state index contributed by atoms with van der Waals surface area (Å²) in [4.78, 5) is 47.5. The zero-order chi connectivity index (χ0) is 44.5. The fraction of sp³-hybridized carbons (Fsp3) is 0.191. The predicted molar refractivity (Wildman–Crippen MR) is 263 cm³/mol. The van der Waals surface area contributed by atoms with E-state index in [-0.39, 0.29) is 26.2 Å². The molecule has 2 unspecified atom stereocenters. The quantitative estimate of drug-likeness (QED) is 0.0884. The van der Waals surface area contributed by atoms with Crippen molar-refractivity contribution < 1.29 is 37.6 Å². The van der Waals surface area contributed by atoms with Gasteiger partial charge in [0.2, 0.25) is 11.8 Å². The summed E-state index contributed by atoms with van der Waals surface area (Å²) >= 11 is 15.1. The number of hydrogen-bond acceptors (Lipinski definition) is 8. The fourth-order valence-corrected chi connectivity index (χ4v) is 12.7. The van der Waals surface area contributed by atoms with Crippen LogP contribution in [0.2, 0.25) is 10.0 Å². The molecular formula is C47H46Cl2N2O8P2S2. The summed E-state index contributed by atoms with van der Waals surface area (Å²) in [6.45, 7) is 6.63. The minimum Gasteiger partial charge on any atom is -0.325 e. The van der Waals surface area contributed by atoms with E-state index in [1.54, 1.807) is 68.6 Å². The zero-order valence-electron chi connectivity index (χ0n) is 33.9. The van der Waals surface area contributed by atoms with Crippen molar-refractivity contribution >= 4 is 126 Å². The van der Waals surface area contributed by atoms with Gasteiger partial charge in [-0.2, -0.15) is 0 Å². The first kappa shape index (κ1) is 48.0. The van der Waals surface area contributed by atoms with Crippen LogP contribution in [-0.4, -0.2) is 34.8 Å². The molecule has 2 amide bonds. The van der Waals surface area contributed by atoms with Crippen LogP contribution in [0.3, 0.4) is 0 Å². The van der Waals surface area contributed by atoms with Crippen molar-refractivity contribution in [2.24, 2.45) is 0 Å². The number of halogens is 2. The van der Waals surface area contributed by atoms with E-state index in [9.17, 15) is 28.5 Å². The Morgan fingerprint density at radius 2 is 1.00 bits per heavy atom. The number of thiophene rings is 2. The highest BCUT2D eigenvalue weighted by Crippen LogP contribution is 2.66. The van der Waals surface area contributed by atoms with Crippen molar-refractivity contribution in [1.29, 1.82) is 0 Å². The van der Waals surface area contributed by atoms with Gasteiger partial charge in [-0.1, -0.05) is 91.3 Å². The Labute approximate surface area is 383 Å². The number of nitrogens with one attached hydrogen (secondary N) is 2. The molecule has 0 aliphatic heterocycles. The van der Waals surface area contributed by atoms with E-state index in [4.69, 9.17) is 32.2 Å². The summed E-state index contributed by atoms with van der Waals surface area (Å²) < 4.78 is 39.8. The maximum atomic E-state index is 14.2. The van der Waals surface area contributed by atoms with Gasteiger partial charge in [-0.15, -0.1) is 22.7 Å². The van der Waals surface area contributed by atoms with Gasteiger partial charge in [0.1, 0.15) is 0 Å². The second kappa shape index (κ2) is 19.4. The number of benzene rings is 6. The van der Waals surface area contributed by atoms with Crippen molar-refractivity contribution in [2.45, 2.75) is 45.4 Å². The molecule has 0 saturated heterocycles. The molecule has 0 bridgehead atoms. The topological polar surface area (TPSA) is 151 Å². The first-order valence-electron chi connectivity index (χ1n) is 19.4. The summed E-state index contributed by atoms with van der Waals surface area (Å²) in [5.74, 6) is -1.25. The molecule has 8 aromatic rings. The molecule has 0 spiro atoms. The lowest BCUT2D eigenvalue weighted by molar-refractivity contribution is -0.119. The lowest BCUT2D eigenvalue weighted by Gasteiger charge is -2.34. The molecule has 10 nitrogen and oxygen atoms in total. The molecule has 0 fully saturated rings. The average molecular weight is 964 g/mol. The molecule has 0 aliphatic rings. The summed E-state index contributed by atoms with van der Waals surface area (Å²) in [5.41, 5.74) is 1.88. The van der Waals surface area contributed by atoms with E-state index in [2.05, 4.69) is 10.6 Å². The molecule has 2 aromatic heterocycles. The van der Waals surface area contributed by atoms with Crippen LogP contribution >= 0.6 is 61.1 Å². The smallest absolute Gasteiger partial charge is 0.325 e. The molecular weight excluding hydrogens is 918 g/mol. The molecule has 0 radical (unpaired) electrons. The van der Waals surface area contributed by atoms with Crippen LogP contribution in [-0.2, 0) is 38.1 Å². The Morgan fingerprint density at radius 3 is 1.41 bits per heavy atom. The largest absolute Gasteiger partial charge is 0.350 e. The monoisotopic (exact) mass is 962 g/mol. The van der Waals surface area contributed by atoms with E-state index in [0.29, 0.717) is 32.4 Å². The Hall–Kier alpha value is -4.42. The third kappa shape index (κ3) is 9.40. The van der Waals surface area contributed by atoms with Gasteiger partial charge in [-0.3, -0.25) is 18.7 Å². The van der Waals surface area contributed by atoms with Gasteiger partial charge >= 0.3 is 15.2 Å². The van der Waals surface area contributed by atoms with Crippen LogP contribution in [0.15, 0.2) is 132 Å². The standard InChI is InChI=1S/C25H25ClNO4PS.C21H17ClNO4PS.CH4/c1-4-30-32(29,31-5-2)25(3,22-16-33-23-13-11-19(26)15-21(22)23)24(28)27-20-12-10-17-8-6-7-9-18(17)14-20;1-21(28(25,26)27,18-12-29-19-9-7-15(22)11-17(18)19)20(24)23-16-8-6-13-4-2-3-5-14(13)10-16;/h6-16H,4-5H2,1-3H3,(H,27,28);2-12H,1H3,(H,23,24)(H2,25,26,27);1H4. The normalized spacial score (nSPS) is 13.7. The summed E-state index contributed by atoms with van der Waals surface area (Å²) in [7, 11) is -8.82. The number of carbonyl (C=O) groups is 2. The van der Waals surface area contributed by atoms with E-state index in [1.165, 1.54) is 29.6 Å². The molecule has 16 heteroatoms. The third-order valence-electron chi connectivity index (χ3n) is 10.7. The van der Waals surface area contributed by atoms with Crippen LogP contribution in [0, 0.1) is 0 Å². The van der Waals surface area contributed by atoms with E-state index in [1.807, 2.05) is 84.2 Å². The molecule has 2 heterocycles. The average Bonchev–Trinajstić information content (AvgIpc) is 3.87. The number of anilines is 2. The molecule has 0 aliphatic carbocycles. The highest BCUT2D eigenvalue weighted by atomic mass is 35.5. The lowest BCUT2D eigenvalue weighted by Crippen LogP contribution is -2.38. The van der Waals surface area contributed by atoms with Gasteiger partial charge in [0.15, 0.2) is 10.3 Å².